The zero-order valence-electron chi connectivity index (χ0n) is 12.3. The average Bonchev–Trinajstić information content (AvgIpc) is 2.68. The molecule has 4 nitrogen and oxygen atoms in total. The summed E-state index contributed by atoms with van der Waals surface area (Å²) in [5.41, 5.74) is 0.541. The van der Waals surface area contributed by atoms with Gasteiger partial charge in [-0.15, -0.1) is 0 Å². The molecule has 0 amide bonds. The normalized spacial score (nSPS) is 34.0. The number of hydrogen-bond donors (Lipinski definition) is 0. The third-order valence-corrected chi connectivity index (χ3v) is 4.42. The van der Waals surface area contributed by atoms with Crippen LogP contribution in [0.3, 0.4) is 0 Å². The minimum atomic E-state index is -1.08. The predicted molar refractivity (Wildman–Crippen MR) is 80.1 cm³/mol. The van der Waals surface area contributed by atoms with E-state index >= 15 is 0 Å². The smallest absolute Gasteiger partial charge is 0.358 e. The Morgan fingerprint density at radius 2 is 1.90 bits per heavy atom. The van der Waals surface area contributed by atoms with Crippen LogP contribution in [0, 0.1) is 0 Å². The molecule has 2 aromatic rings. The topological polar surface area (TPSA) is 40.0 Å². The lowest BCUT2D eigenvalue weighted by molar-refractivity contribution is -0.460. The van der Waals surface area contributed by atoms with E-state index in [4.69, 9.17) is 14.2 Å². The van der Waals surface area contributed by atoms with Gasteiger partial charge in [0.15, 0.2) is 11.4 Å². The summed E-state index contributed by atoms with van der Waals surface area (Å²) < 4.78 is 17.0. The summed E-state index contributed by atoms with van der Waals surface area (Å²) in [5, 5.41) is 2.41. The molecule has 0 N–H and O–H groups in total. The van der Waals surface area contributed by atoms with Crippen LogP contribution in [-0.2, 0) is 14.2 Å². The highest BCUT2D eigenvalue weighted by Crippen LogP contribution is 2.58. The first-order valence-electron chi connectivity index (χ1n) is 7.05. The van der Waals surface area contributed by atoms with E-state index in [9.17, 15) is 0 Å². The molecule has 4 rings (SSSR count). The fraction of sp³-hybridized carbons (Fsp3) is 0.353. The number of methoxy groups -OCH3 is 1. The van der Waals surface area contributed by atoms with Gasteiger partial charge in [-0.05, 0) is 29.3 Å². The Bertz CT molecular complexity index is 757. The van der Waals surface area contributed by atoms with Crippen LogP contribution in [0.4, 0.5) is 0 Å². The maximum atomic E-state index is 5.95. The molecule has 0 bridgehead atoms. The van der Waals surface area contributed by atoms with Gasteiger partial charge in [-0.3, -0.25) is 0 Å². The molecule has 2 heterocycles. The lowest BCUT2D eigenvalue weighted by Crippen LogP contribution is -2.67. The zero-order valence-corrected chi connectivity index (χ0v) is 12.3. The summed E-state index contributed by atoms with van der Waals surface area (Å²) in [4.78, 5) is 4.61. The third-order valence-electron chi connectivity index (χ3n) is 4.42. The van der Waals surface area contributed by atoms with Crippen molar-refractivity contribution in [2.75, 3.05) is 7.11 Å². The fourth-order valence-electron chi connectivity index (χ4n) is 3.35. The Kier molecular flexibility index (Phi) is 2.47. The second-order valence-electron chi connectivity index (χ2n) is 5.75. The van der Waals surface area contributed by atoms with E-state index in [0.29, 0.717) is 5.90 Å². The number of rotatable bonds is 2. The van der Waals surface area contributed by atoms with E-state index in [0.717, 1.165) is 5.56 Å². The maximum absolute atomic E-state index is 5.95. The van der Waals surface area contributed by atoms with E-state index in [2.05, 4.69) is 35.3 Å². The van der Waals surface area contributed by atoms with E-state index in [-0.39, 0.29) is 6.10 Å². The number of ether oxygens (including phenoxy) is 3. The van der Waals surface area contributed by atoms with Gasteiger partial charge in [-0.2, -0.15) is 0 Å². The van der Waals surface area contributed by atoms with E-state index < -0.39 is 11.5 Å². The summed E-state index contributed by atoms with van der Waals surface area (Å²) in [6.07, 6.45) is -0.167. The van der Waals surface area contributed by atoms with Crippen molar-refractivity contribution in [3.63, 3.8) is 0 Å². The van der Waals surface area contributed by atoms with Crippen LogP contribution in [0.25, 0.3) is 10.8 Å². The minimum Gasteiger partial charge on any atom is -0.424 e. The molecule has 3 atom stereocenters. The summed E-state index contributed by atoms with van der Waals surface area (Å²) in [5.74, 6) is -0.476. The van der Waals surface area contributed by atoms with Crippen molar-refractivity contribution in [3.05, 3.63) is 48.0 Å². The van der Waals surface area contributed by atoms with Crippen LogP contribution >= 0.6 is 0 Å². The van der Waals surface area contributed by atoms with Crippen LogP contribution < -0.4 is 0 Å². The molecule has 0 saturated carbocycles. The summed E-state index contributed by atoms with van der Waals surface area (Å²) in [7, 11) is 1.59. The van der Waals surface area contributed by atoms with Crippen molar-refractivity contribution in [2.24, 2.45) is 4.99 Å². The molecular formula is C17H17NO3. The first kappa shape index (κ1) is 12.8. The Morgan fingerprint density at radius 3 is 2.67 bits per heavy atom. The largest absolute Gasteiger partial charge is 0.424 e. The van der Waals surface area contributed by atoms with Crippen molar-refractivity contribution >= 4 is 16.7 Å². The predicted octanol–water partition coefficient (Wildman–Crippen LogP) is 3.42. The lowest BCUT2D eigenvalue weighted by atomic mass is 9.81. The number of aliphatic imine (C=N–C) groups is 1. The number of benzene rings is 2. The first-order chi connectivity index (χ1) is 10.1. The van der Waals surface area contributed by atoms with E-state index in [1.165, 1.54) is 10.8 Å². The molecule has 0 radical (unpaired) electrons. The first-order valence-corrected chi connectivity index (χ1v) is 7.05. The molecule has 108 valence electrons. The van der Waals surface area contributed by atoms with Gasteiger partial charge in [0.05, 0.1) is 0 Å². The van der Waals surface area contributed by atoms with Gasteiger partial charge in [0.2, 0.25) is 0 Å². The minimum absolute atomic E-state index is 0.167. The van der Waals surface area contributed by atoms with Crippen molar-refractivity contribution in [2.45, 2.75) is 31.5 Å². The lowest BCUT2D eigenvalue weighted by Gasteiger charge is -2.52. The van der Waals surface area contributed by atoms with Crippen molar-refractivity contribution in [1.82, 2.24) is 0 Å². The maximum Gasteiger partial charge on any atom is 0.358 e. The SMILES string of the molecule is CO[C@@]12OC(C)=N[C@@]1(C)[C@@H](c1ccc3ccccc3c1)O2. The van der Waals surface area contributed by atoms with Crippen molar-refractivity contribution < 1.29 is 14.2 Å². The van der Waals surface area contributed by atoms with Gasteiger partial charge < -0.3 is 14.2 Å². The summed E-state index contributed by atoms with van der Waals surface area (Å²) in [6, 6.07) is 14.6. The highest BCUT2D eigenvalue weighted by Gasteiger charge is 2.72. The van der Waals surface area contributed by atoms with Gasteiger partial charge in [0.25, 0.3) is 0 Å². The Morgan fingerprint density at radius 1 is 1.14 bits per heavy atom. The highest BCUT2D eigenvalue weighted by molar-refractivity contribution is 5.83. The van der Waals surface area contributed by atoms with Gasteiger partial charge in [-0.25, -0.2) is 4.99 Å². The van der Waals surface area contributed by atoms with Gasteiger partial charge >= 0.3 is 5.97 Å². The molecule has 21 heavy (non-hydrogen) atoms. The second kappa shape index (κ2) is 4.06. The fourth-order valence-corrected chi connectivity index (χ4v) is 3.35. The monoisotopic (exact) mass is 283 g/mol. The van der Waals surface area contributed by atoms with Crippen LogP contribution in [0.5, 0.6) is 0 Å². The Labute approximate surface area is 123 Å². The standard InChI is InChI=1S/C17H17NO3/c1-11-18-16(2)15(21-17(16,19-3)20-11)14-9-8-12-6-4-5-7-13(12)10-14/h4-10,15H,1-3H3/t15-,16+,17-/m1/s1. The number of hydrogen-bond acceptors (Lipinski definition) is 4. The van der Waals surface area contributed by atoms with Crippen LogP contribution in [0.1, 0.15) is 25.5 Å². The molecule has 0 aliphatic carbocycles. The number of nitrogens with zero attached hydrogens (tertiary/aromatic N) is 1. The third kappa shape index (κ3) is 1.54. The molecule has 1 fully saturated rings. The van der Waals surface area contributed by atoms with E-state index in [1.54, 1.807) is 7.11 Å². The van der Waals surface area contributed by atoms with Crippen molar-refractivity contribution in [1.29, 1.82) is 0 Å². The molecule has 0 aromatic heterocycles. The molecule has 1 saturated heterocycles. The Balaban J connectivity index is 1.77. The average molecular weight is 283 g/mol. The molecule has 2 aliphatic heterocycles. The summed E-state index contributed by atoms with van der Waals surface area (Å²) >= 11 is 0. The highest BCUT2D eigenvalue weighted by atomic mass is 16.9. The van der Waals surface area contributed by atoms with Crippen molar-refractivity contribution in [3.8, 4) is 0 Å². The molecule has 4 heteroatoms. The molecule has 0 unspecified atom stereocenters. The quantitative estimate of drug-likeness (QED) is 0.848. The van der Waals surface area contributed by atoms with Gasteiger partial charge in [0, 0.05) is 14.0 Å². The van der Waals surface area contributed by atoms with Crippen LogP contribution in [0.15, 0.2) is 47.5 Å². The molecular weight excluding hydrogens is 266 g/mol. The summed E-state index contributed by atoms with van der Waals surface area (Å²) in [6.45, 7) is 3.83. The van der Waals surface area contributed by atoms with E-state index in [1.807, 2.05) is 26.0 Å². The van der Waals surface area contributed by atoms with Gasteiger partial charge in [-0.1, -0.05) is 36.4 Å². The van der Waals surface area contributed by atoms with Crippen LogP contribution in [-0.4, -0.2) is 24.5 Å². The van der Waals surface area contributed by atoms with Crippen LogP contribution in [0.2, 0.25) is 0 Å². The molecule has 2 aliphatic rings. The molecule has 2 aromatic carbocycles. The second-order valence-corrected chi connectivity index (χ2v) is 5.75. The zero-order chi connectivity index (χ0) is 14.7. The Hall–Kier alpha value is -1.91. The molecule has 0 spiro atoms. The number of fused-ring (bicyclic) bond motifs is 2. The van der Waals surface area contributed by atoms with Gasteiger partial charge in [0.1, 0.15) is 6.10 Å².